The topological polar surface area (TPSA) is 75.7 Å². The largest absolute Gasteiger partial charge is 0.495 e. The molecule has 2 aromatic carbocycles. The maximum atomic E-state index is 13.5. The van der Waals surface area contributed by atoms with Gasteiger partial charge < -0.3 is 10.1 Å². The second-order valence-electron chi connectivity index (χ2n) is 6.92. The number of carbonyl (C=O) groups is 1. The van der Waals surface area contributed by atoms with Crippen LogP contribution in [-0.2, 0) is 21.0 Å². The quantitative estimate of drug-likeness (QED) is 0.574. The van der Waals surface area contributed by atoms with Gasteiger partial charge in [0, 0.05) is 6.54 Å². The second kappa shape index (κ2) is 10.0. The monoisotopic (exact) mass is 458 g/mol. The lowest BCUT2D eigenvalue weighted by molar-refractivity contribution is -0.137. The van der Waals surface area contributed by atoms with Crippen molar-refractivity contribution in [1.82, 2.24) is 5.32 Å². The Kier molecular flexibility index (Phi) is 7.94. The van der Waals surface area contributed by atoms with Crippen molar-refractivity contribution in [3.63, 3.8) is 0 Å². The molecule has 0 saturated carbocycles. The first-order valence-corrected chi connectivity index (χ1v) is 11.1. The number of halogens is 3. The Hall–Kier alpha value is -2.75. The first-order chi connectivity index (χ1) is 14.5. The molecule has 31 heavy (non-hydrogen) atoms. The van der Waals surface area contributed by atoms with Gasteiger partial charge in [0.1, 0.15) is 17.2 Å². The summed E-state index contributed by atoms with van der Waals surface area (Å²) in [6.07, 6.45) is -3.17. The summed E-state index contributed by atoms with van der Waals surface area (Å²) in [4.78, 5) is 12.2. The number of anilines is 1. The molecule has 1 N–H and O–H groups in total. The van der Waals surface area contributed by atoms with Crippen molar-refractivity contribution in [1.29, 1.82) is 0 Å². The summed E-state index contributed by atoms with van der Waals surface area (Å²) < 4.78 is 72.4. The van der Waals surface area contributed by atoms with E-state index in [9.17, 15) is 26.4 Å². The van der Waals surface area contributed by atoms with Crippen LogP contribution in [0.4, 0.5) is 18.9 Å². The molecular weight excluding hydrogens is 433 g/mol. The molecule has 0 aliphatic carbocycles. The maximum Gasteiger partial charge on any atom is 0.416 e. The predicted octanol–water partition coefficient (Wildman–Crippen LogP) is 4.13. The number of alkyl halides is 3. The Labute approximate surface area is 180 Å². The van der Waals surface area contributed by atoms with Crippen molar-refractivity contribution in [3.05, 3.63) is 53.6 Å². The second-order valence-corrected chi connectivity index (χ2v) is 8.75. The Balaban J connectivity index is 2.57. The lowest BCUT2D eigenvalue weighted by atomic mass is 10.2. The Bertz CT molecular complexity index is 1020. The van der Waals surface area contributed by atoms with Gasteiger partial charge in [0.25, 0.3) is 10.0 Å². The molecule has 2 aromatic rings. The molecule has 0 bridgehead atoms. The fourth-order valence-corrected chi connectivity index (χ4v) is 4.50. The first kappa shape index (κ1) is 24.5. The van der Waals surface area contributed by atoms with Gasteiger partial charge in [-0.1, -0.05) is 25.5 Å². The van der Waals surface area contributed by atoms with Crippen molar-refractivity contribution in [3.8, 4) is 5.75 Å². The van der Waals surface area contributed by atoms with Crippen molar-refractivity contribution in [2.24, 2.45) is 0 Å². The molecule has 6 nitrogen and oxygen atoms in total. The summed E-state index contributed by atoms with van der Waals surface area (Å²) in [5.74, 6) is -0.602. The van der Waals surface area contributed by atoms with E-state index in [4.69, 9.17) is 4.74 Å². The number of amides is 1. The number of methoxy groups -OCH3 is 1. The Morgan fingerprint density at radius 3 is 2.48 bits per heavy atom. The van der Waals surface area contributed by atoms with E-state index in [1.54, 1.807) is 13.0 Å². The van der Waals surface area contributed by atoms with Crippen molar-refractivity contribution >= 4 is 21.6 Å². The van der Waals surface area contributed by atoms with Crippen LogP contribution in [0.3, 0.4) is 0 Å². The first-order valence-electron chi connectivity index (χ1n) is 9.62. The van der Waals surface area contributed by atoms with Gasteiger partial charge >= 0.3 is 6.18 Å². The number of sulfonamides is 1. The molecular formula is C21H25F3N2O4S. The molecule has 0 heterocycles. The van der Waals surface area contributed by atoms with E-state index in [0.717, 1.165) is 18.6 Å². The maximum absolute atomic E-state index is 13.5. The summed E-state index contributed by atoms with van der Waals surface area (Å²) in [5.41, 5.74) is -0.687. The fraction of sp³-hybridized carbons (Fsp3) is 0.381. The smallest absolute Gasteiger partial charge is 0.416 e. The van der Waals surface area contributed by atoms with E-state index in [-0.39, 0.29) is 16.3 Å². The van der Waals surface area contributed by atoms with Gasteiger partial charge in [-0.15, -0.1) is 0 Å². The van der Waals surface area contributed by atoms with Crippen LogP contribution in [0.1, 0.15) is 30.9 Å². The van der Waals surface area contributed by atoms with E-state index >= 15 is 0 Å². The minimum absolute atomic E-state index is 0.0222. The minimum Gasteiger partial charge on any atom is -0.495 e. The number of ether oxygens (including phenoxy) is 1. The van der Waals surface area contributed by atoms with Crippen LogP contribution < -0.4 is 14.4 Å². The molecule has 170 valence electrons. The average Bonchev–Trinajstić information content (AvgIpc) is 2.71. The van der Waals surface area contributed by atoms with Gasteiger partial charge in [-0.2, -0.15) is 13.2 Å². The predicted molar refractivity (Wildman–Crippen MR) is 112 cm³/mol. The molecule has 0 aliphatic rings. The Morgan fingerprint density at radius 1 is 1.16 bits per heavy atom. The summed E-state index contributed by atoms with van der Waals surface area (Å²) in [7, 11) is -3.14. The lowest BCUT2D eigenvalue weighted by Gasteiger charge is -2.26. The number of nitrogens with one attached hydrogen (secondary N) is 1. The van der Waals surface area contributed by atoms with Crippen LogP contribution in [0.5, 0.6) is 5.75 Å². The Morgan fingerprint density at radius 2 is 1.87 bits per heavy atom. The van der Waals surface area contributed by atoms with Crippen molar-refractivity contribution in [2.45, 2.75) is 37.8 Å². The number of nitrogens with zero attached hydrogens (tertiary/aromatic N) is 1. The van der Waals surface area contributed by atoms with Gasteiger partial charge in [0.15, 0.2) is 0 Å². The molecule has 0 aromatic heterocycles. The van der Waals surface area contributed by atoms with Gasteiger partial charge in [0.2, 0.25) is 5.91 Å². The summed E-state index contributed by atoms with van der Waals surface area (Å²) >= 11 is 0. The molecule has 2 rings (SSSR count). The molecule has 10 heteroatoms. The normalized spacial score (nSPS) is 11.8. The van der Waals surface area contributed by atoms with Gasteiger partial charge in [-0.25, -0.2) is 8.42 Å². The van der Waals surface area contributed by atoms with Crippen LogP contribution in [-0.4, -0.2) is 34.5 Å². The van der Waals surface area contributed by atoms with Gasteiger partial charge in [-0.05, 0) is 49.2 Å². The van der Waals surface area contributed by atoms with Crippen LogP contribution >= 0.6 is 0 Å². The van der Waals surface area contributed by atoms with Crippen molar-refractivity contribution in [2.75, 3.05) is 24.5 Å². The van der Waals surface area contributed by atoms with Crippen LogP contribution in [0.2, 0.25) is 0 Å². The summed E-state index contributed by atoms with van der Waals surface area (Å²) in [6.45, 7) is 3.25. The van der Waals surface area contributed by atoms with Crippen LogP contribution in [0, 0.1) is 6.92 Å². The number of hydrogen-bond donors (Lipinski definition) is 1. The van der Waals surface area contributed by atoms with Gasteiger partial charge in [0.05, 0.1) is 18.4 Å². The standard InChI is InChI=1S/C21H25F3N2O4S/c1-4-5-11-25-20(27)14-26(17-8-6-7-16(13-17)21(22,23)24)31(28,29)19-12-15(2)9-10-18(19)30-3/h6-10,12-13H,4-5,11,14H2,1-3H3,(H,25,27). The fourth-order valence-electron chi connectivity index (χ4n) is 2.85. The SMILES string of the molecule is CCCCNC(=O)CN(c1cccc(C(F)(F)F)c1)S(=O)(=O)c1cc(C)ccc1OC. The molecule has 0 saturated heterocycles. The van der Waals surface area contributed by atoms with Crippen LogP contribution in [0.15, 0.2) is 47.4 Å². The molecule has 0 spiro atoms. The van der Waals surface area contributed by atoms with Crippen LogP contribution in [0.25, 0.3) is 0 Å². The average molecular weight is 459 g/mol. The number of hydrogen-bond acceptors (Lipinski definition) is 4. The number of unbranched alkanes of at least 4 members (excludes halogenated alkanes) is 1. The van der Waals surface area contributed by atoms with E-state index in [2.05, 4.69) is 5.32 Å². The zero-order valence-corrected chi connectivity index (χ0v) is 18.3. The molecule has 0 atom stereocenters. The third kappa shape index (κ3) is 6.13. The number of benzene rings is 2. The number of carbonyl (C=O) groups excluding carboxylic acids is 1. The lowest BCUT2D eigenvalue weighted by Crippen LogP contribution is -2.41. The highest BCUT2D eigenvalue weighted by molar-refractivity contribution is 7.93. The van der Waals surface area contributed by atoms with E-state index < -0.39 is 34.2 Å². The third-order valence-electron chi connectivity index (χ3n) is 4.49. The molecule has 0 aliphatic heterocycles. The summed E-state index contributed by atoms with van der Waals surface area (Å²) in [5, 5.41) is 2.59. The van der Waals surface area contributed by atoms with E-state index in [1.165, 1.54) is 25.3 Å². The minimum atomic E-state index is -4.67. The van der Waals surface area contributed by atoms with E-state index in [0.29, 0.717) is 28.9 Å². The molecule has 1 amide bonds. The molecule has 0 radical (unpaired) electrons. The number of rotatable bonds is 9. The van der Waals surface area contributed by atoms with E-state index in [1.807, 2.05) is 6.92 Å². The zero-order chi connectivity index (χ0) is 23.2. The summed E-state index contributed by atoms with van der Waals surface area (Å²) in [6, 6.07) is 8.31. The highest BCUT2D eigenvalue weighted by Crippen LogP contribution is 2.35. The molecule has 0 fully saturated rings. The highest BCUT2D eigenvalue weighted by atomic mass is 32.2. The van der Waals surface area contributed by atoms with Gasteiger partial charge in [-0.3, -0.25) is 9.10 Å². The third-order valence-corrected chi connectivity index (χ3v) is 6.28. The molecule has 0 unspecified atom stereocenters. The number of aryl methyl sites for hydroxylation is 1. The van der Waals surface area contributed by atoms with Crippen molar-refractivity contribution < 1.29 is 31.1 Å². The highest BCUT2D eigenvalue weighted by Gasteiger charge is 2.34. The zero-order valence-electron chi connectivity index (χ0n) is 17.5.